The summed E-state index contributed by atoms with van der Waals surface area (Å²) in [6.45, 7) is 0. The second-order valence-corrected chi connectivity index (χ2v) is 4.59. The number of aryl methyl sites for hydroxylation is 1. The molecule has 1 N–H and O–H groups in total. The van der Waals surface area contributed by atoms with Gasteiger partial charge in [0.1, 0.15) is 0 Å². The van der Waals surface area contributed by atoms with Crippen LogP contribution in [0.4, 0.5) is 0 Å². The number of fused-ring (bicyclic) bond motifs is 3. The van der Waals surface area contributed by atoms with Crippen LogP contribution in [0.5, 0.6) is 0 Å². The lowest BCUT2D eigenvalue weighted by molar-refractivity contribution is -0.145. The largest absolute Gasteiger partial charge is 0.469 e. The molecule has 3 nitrogen and oxygen atoms in total. The lowest BCUT2D eigenvalue weighted by atomic mass is 9.86. The first-order chi connectivity index (χ1) is 8.29. The highest BCUT2D eigenvalue weighted by Crippen LogP contribution is 2.31. The number of hydrogen-bond acceptors (Lipinski definition) is 2. The molecule has 0 amide bonds. The van der Waals surface area contributed by atoms with Crippen LogP contribution in [-0.4, -0.2) is 18.1 Å². The van der Waals surface area contributed by atoms with E-state index < -0.39 is 0 Å². The van der Waals surface area contributed by atoms with Crippen LogP contribution in [0.3, 0.4) is 0 Å². The van der Waals surface area contributed by atoms with Gasteiger partial charge in [-0.1, -0.05) is 18.2 Å². The Kier molecular flexibility index (Phi) is 2.39. The number of H-pyrrole nitrogens is 1. The number of benzene rings is 1. The molecular weight excluding hydrogens is 214 g/mol. The molecule has 0 unspecified atom stereocenters. The Balaban J connectivity index is 2.03. The van der Waals surface area contributed by atoms with E-state index in [0.29, 0.717) is 0 Å². The highest BCUT2D eigenvalue weighted by atomic mass is 16.5. The Morgan fingerprint density at radius 2 is 2.24 bits per heavy atom. The maximum atomic E-state index is 11.6. The molecule has 0 aliphatic heterocycles. The maximum absolute atomic E-state index is 11.6. The van der Waals surface area contributed by atoms with Crippen molar-refractivity contribution >= 4 is 16.9 Å². The summed E-state index contributed by atoms with van der Waals surface area (Å²) >= 11 is 0. The van der Waals surface area contributed by atoms with Crippen molar-refractivity contribution in [3.63, 3.8) is 0 Å². The number of carbonyl (C=O) groups excluding carboxylic acids is 1. The molecule has 88 valence electrons. The Hall–Kier alpha value is -1.77. The predicted octanol–water partition coefficient (Wildman–Crippen LogP) is 2.45. The molecule has 0 fully saturated rings. The molecule has 0 spiro atoms. The molecule has 1 aromatic carbocycles. The maximum Gasteiger partial charge on any atom is 0.309 e. The molecule has 1 heterocycles. The van der Waals surface area contributed by atoms with Crippen LogP contribution in [0.15, 0.2) is 24.3 Å². The van der Waals surface area contributed by atoms with Gasteiger partial charge in [-0.3, -0.25) is 4.79 Å². The Bertz CT molecular complexity index is 571. The van der Waals surface area contributed by atoms with Crippen LogP contribution < -0.4 is 0 Å². The van der Waals surface area contributed by atoms with Crippen molar-refractivity contribution in [3.05, 3.63) is 35.5 Å². The Morgan fingerprint density at radius 1 is 1.41 bits per heavy atom. The Morgan fingerprint density at radius 3 is 3.06 bits per heavy atom. The highest BCUT2D eigenvalue weighted by Gasteiger charge is 2.27. The van der Waals surface area contributed by atoms with E-state index in [9.17, 15) is 4.79 Å². The first-order valence-corrected chi connectivity index (χ1v) is 5.96. The molecule has 0 saturated carbocycles. The standard InChI is InChI=1S/C14H15NO2/c1-17-14(16)9-6-7-13-11(8-9)10-4-2-3-5-12(10)15-13/h2-5,9,15H,6-8H2,1H3/t9-/m0/s1. The van der Waals surface area contributed by atoms with E-state index in [-0.39, 0.29) is 11.9 Å². The van der Waals surface area contributed by atoms with Gasteiger partial charge < -0.3 is 9.72 Å². The predicted molar refractivity (Wildman–Crippen MR) is 65.8 cm³/mol. The molecule has 1 aliphatic carbocycles. The first-order valence-electron chi connectivity index (χ1n) is 5.96. The number of nitrogens with one attached hydrogen (secondary N) is 1. The van der Waals surface area contributed by atoms with Gasteiger partial charge in [0.2, 0.25) is 0 Å². The summed E-state index contributed by atoms with van der Waals surface area (Å²) in [4.78, 5) is 15.0. The normalized spacial score (nSPS) is 19.0. The summed E-state index contributed by atoms with van der Waals surface area (Å²) in [5.41, 5.74) is 3.75. The van der Waals surface area contributed by atoms with Gasteiger partial charge in [-0.25, -0.2) is 0 Å². The number of para-hydroxylation sites is 1. The van der Waals surface area contributed by atoms with Crippen molar-refractivity contribution in [3.8, 4) is 0 Å². The minimum atomic E-state index is -0.0825. The van der Waals surface area contributed by atoms with Crippen LogP contribution in [0.25, 0.3) is 10.9 Å². The quantitative estimate of drug-likeness (QED) is 0.763. The van der Waals surface area contributed by atoms with E-state index in [1.165, 1.54) is 29.3 Å². The summed E-state index contributed by atoms with van der Waals surface area (Å²) < 4.78 is 4.84. The van der Waals surface area contributed by atoms with Crippen molar-refractivity contribution in [2.45, 2.75) is 19.3 Å². The van der Waals surface area contributed by atoms with Gasteiger partial charge in [0.05, 0.1) is 13.0 Å². The van der Waals surface area contributed by atoms with E-state index in [1.807, 2.05) is 12.1 Å². The summed E-state index contributed by atoms with van der Waals surface area (Å²) in [5, 5.41) is 1.25. The summed E-state index contributed by atoms with van der Waals surface area (Å²) in [5.74, 6) is -0.0624. The van der Waals surface area contributed by atoms with Gasteiger partial charge in [0, 0.05) is 16.6 Å². The molecule has 3 rings (SSSR count). The highest BCUT2D eigenvalue weighted by molar-refractivity contribution is 5.86. The number of aromatic nitrogens is 1. The summed E-state index contributed by atoms with van der Waals surface area (Å²) in [7, 11) is 1.47. The molecular formula is C14H15NO2. The van der Waals surface area contributed by atoms with E-state index in [0.717, 1.165) is 19.3 Å². The van der Waals surface area contributed by atoms with E-state index in [4.69, 9.17) is 4.74 Å². The fourth-order valence-electron chi connectivity index (χ4n) is 2.74. The van der Waals surface area contributed by atoms with Gasteiger partial charge in [-0.2, -0.15) is 0 Å². The molecule has 17 heavy (non-hydrogen) atoms. The average molecular weight is 229 g/mol. The van der Waals surface area contributed by atoms with E-state index in [2.05, 4.69) is 17.1 Å². The van der Waals surface area contributed by atoms with Gasteiger partial charge >= 0.3 is 5.97 Å². The van der Waals surface area contributed by atoms with Gasteiger partial charge in [0.15, 0.2) is 0 Å². The van der Waals surface area contributed by atoms with Crippen molar-refractivity contribution in [2.75, 3.05) is 7.11 Å². The van der Waals surface area contributed by atoms with Crippen molar-refractivity contribution in [1.82, 2.24) is 4.98 Å². The molecule has 3 heteroatoms. The lowest BCUT2D eigenvalue weighted by Gasteiger charge is -2.20. The summed E-state index contributed by atoms with van der Waals surface area (Å²) in [6.07, 6.45) is 2.61. The second-order valence-electron chi connectivity index (χ2n) is 4.59. The second kappa shape index (κ2) is 3.91. The topological polar surface area (TPSA) is 42.1 Å². The number of carbonyl (C=O) groups is 1. The number of aromatic amines is 1. The third-order valence-electron chi connectivity index (χ3n) is 3.63. The average Bonchev–Trinajstić information content (AvgIpc) is 2.75. The molecule has 1 aromatic heterocycles. The van der Waals surface area contributed by atoms with E-state index >= 15 is 0 Å². The zero-order valence-electron chi connectivity index (χ0n) is 9.82. The number of hydrogen-bond donors (Lipinski definition) is 1. The van der Waals surface area contributed by atoms with Crippen LogP contribution in [-0.2, 0) is 22.4 Å². The van der Waals surface area contributed by atoms with E-state index in [1.54, 1.807) is 0 Å². The number of rotatable bonds is 1. The van der Waals surface area contributed by atoms with Crippen LogP contribution >= 0.6 is 0 Å². The van der Waals surface area contributed by atoms with Gasteiger partial charge in [0.25, 0.3) is 0 Å². The lowest BCUT2D eigenvalue weighted by Crippen LogP contribution is -2.23. The van der Waals surface area contributed by atoms with Crippen molar-refractivity contribution < 1.29 is 9.53 Å². The molecule has 2 aromatic rings. The third-order valence-corrected chi connectivity index (χ3v) is 3.63. The van der Waals surface area contributed by atoms with Crippen LogP contribution in [0, 0.1) is 5.92 Å². The fourth-order valence-corrected chi connectivity index (χ4v) is 2.74. The zero-order valence-corrected chi connectivity index (χ0v) is 9.82. The fraction of sp³-hybridized carbons (Fsp3) is 0.357. The zero-order chi connectivity index (χ0) is 11.8. The summed E-state index contributed by atoms with van der Waals surface area (Å²) in [6, 6.07) is 8.27. The minimum Gasteiger partial charge on any atom is -0.469 e. The number of ether oxygens (including phenoxy) is 1. The number of esters is 1. The van der Waals surface area contributed by atoms with Gasteiger partial charge in [-0.05, 0) is 30.9 Å². The van der Waals surface area contributed by atoms with Crippen molar-refractivity contribution in [1.29, 1.82) is 0 Å². The molecule has 0 radical (unpaired) electrons. The SMILES string of the molecule is COC(=O)[C@H]1CCc2[nH]c3ccccc3c2C1. The molecule has 0 saturated heterocycles. The third kappa shape index (κ3) is 1.62. The minimum absolute atomic E-state index is 0.0201. The monoisotopic (exact) mass is 229 g/mol. The van der Waals surface area contributed by atoms with Crippen molar-refractivity contribution in [2.24, 2.45) is 5.92 Å². The van der Waals surface area contributed by atoms with Crippen LogP contribution in [0.1, 0.15) is 17.7 Å². The van der Waals surface area contributed by atoms with Crippen LogP contribution in [0.2, 0.25) is 0 Å². The number of methoxy groups -OCH3 is 1. The molecule has 1 aliphatic rings. The van der Waals surface area contributed by atoms with Gasteiger partial charge in [-0.15, -0.1) is 0 Å². The Labute approximate surface area is 99.8 Å². The smallest absolute Gasteiger partial charge is 0.309 e. The molecule has 1 atom stereocenters. The first kappa shape index (κ1) is 10.4. The molecule has 0 bridgehead atoms.